The molecule has 1 aliphatic carbocycles. The fourth-order valence-electron chi connectivity index (χ4n) is 5.61. The number of aliphatic hydroxyl groups excluding tert-OH is 1. The van der Waals surface area contributed by atoms with Gasteiger partial charge in [0, 0.05) is 18.6 Å². The third-order valence-electron chi connectivity index (χ3n) is 8.03. The maximum Gasteiger partial charge on any atom is 0.267 e. The number of ether oxygens (including phenoxy) is 1. The SMILES string of the molecule is O=S(=O)(O)CCO.[2H]C([2H])(c1ccc(-c2ccccc2S(=O)(=O)Nc2noc(C)c2Cl)c(COCC)c1)N1C(=O)C2(CCCC2)N=C1CCCC. The zero-order chi connectivity index (χ0) is 37.6. The van der Waals surface area contributed by atoms with E-state index in [1.54, 1.807) is 43.3 Å². The lowest BCUT2D eigenvalue weighted by molar-refractivity contribution is -0.131. The topological polar surface area (TPSA) is 189 Å². The zero-order valence-corrected chi connectivity index (χ0v) is 30.0. The van der Waals surface area contributed by atoms with E-state index in [4.69, 9.17) is 35.5 Å². The number of unbranched alkanes of at least 4 members (excludes halogenated alkanes) is 1. The van der Waals surface area contributed by atoms with E-state index in [1.807, 2.05) is 6.92 Å². The summed E-state index contributed by atoms with van der Waals surface area (Å²) in [6.07, 6.45) is 5.23. The van der Waals surface area contributed by atoms with Gasteiger partial charge in [-0.1, -0.05) is 79.3 Å². The van der Waals surface area contributed by atoms with Gasteiger partial charge < -0.3 is 14.4 Å². The molecule has 1 fully saturated rings. The average molecular weight is 741 g/mol. The highest BCUT2D eigenvalue weighted by molar-refractivity contribution is 7.92. The van der Waals surface area contributed by atoms with Crippen LogP contribution in [0.5, 0.6) is 0 Å². The number of aliphatic hydroxyl groups is 1. The number of halogens is 1. The number of hydrogen-bond donors (Lipinski definition) is 3. The summed E-state index contributed by atoms with van der Waals surface area (Å²) < 4.78 is 85.9. The Balaban J connectivity index is 0.000000755. The predicted octanol–water partition coefficient (Wildman–Crippen LogP) is 5.75. The summed E-state index contributed by atoms with van der Waals surface area (Å²) in [6, 6.07) is 11.4. The van der Waals surface area contributed by atoms with Crippen LogP contribution >= 0.6 is 11.6 Å². The lowest BCUT2D eigenvalue weighted by Gasteiger charge is -2.23. The molecule has 0 saturated heterocycles. The minimum Gasteiger partial charge on any atom is -0.395 e. The van der Waals surface area contributed by atoms with Gasteiger partial charge in [-0.15, -0.1) is 0 Å². The highest BCUT2D eigenvalue weighted by Gasteiger charge is 2.49. The summed E-state index contributed by atoms with van der Waals surface area (Å²) in [5.41, 5.74) is 0.870. The summed E-state index contributed by atoms with van der Waals surface area (Å²) in [4.78, 5) is 19.9. The van der Waals surface area contributed by atoms with Crippen LogP contribution in [0.1, 0.15) is 78.4 Å². The maximum absolute atomic E-state index is 13.9. The number of amidine groups is 1. The summed E-state index contributed by atoms with van der Waals surface area (Å²) in [6.45, 7) is 3.24. The van der Waals surface area contributed by atoms with E-state index in [9.17, 15) is 24.4 Å². The quantitative estimate of drug-likeness (QED) is 0.172. The molecule has 16 heteroatoms. The van der Waals surface area contributed by atoms with E-state index < -0.39 is 44.5 Å². The molecule has 0 bridgehead atoms. The number of rotatable bonds is 14. The predicted molar refractivity (Wildman–Crippen MR) is 186 cm³/mol. The Labute approximate surface area is 295 Å². The van der Waals surface area contributed by atoms with Gasteiger partial charge in [-0.2, -0.15) is 8.42 Å². The molecule has 0 radical (unpaired) electrons. The lowest BCUT2D eigenvalue weighted by atomic mass is 9.96. The van der Waals surface area contributed by atoms with Crippen LogP contribution < -0.4 is 4.72 Å². The first-order valence-corrected chi connectivity index (χ1v) is 19.4. The number of sulfonamides is 1. The van der Waals surface area contributed by atoms with Crippen molar-refractivity contribution in [1.29, 1.82) is 0 Å². The Hall–Kier alpha value is -3.34. The Morgan fingerprint density at radius 1 is 1.12 bits per heavy atom. The number of aryl methyl sites for hydroxylation is 1. The van der Waals surface area contributed by atoms with Gasteiger partial charge in [0.05, 0.1) is 33.1 Å². The Morgan fingerprint density at radius 2 is 1.84 bits per heavy atom. The van der Waals surface area contributed by atoms with E-state index >= 15 is 0 Å². The van der Waals surface area contributed by atoms with Crippen LogP contribution in [0.3, 0.4) is 0 Å². The van der Waals surface area contributed by atoms with Crippen molar-refractivity contribution < 1.29 is 43.3 Å². The minimum absolute atomic E-state index is 0.0305. The van der Waals surface area contributed by atoms with E-state index in [0.29, 0.717) is 48.4 Å². The van der Waals surface area contributed by atoms with Crippen molar-refractivity contribution in [2.75, 3.05) is 23.7 Å². The van der Waals surface area contributed by atoms with Crippen molar-refractivity contribution in [2.45, 2.75) is 89.3 Å². The standard InChI is InChI=1S/C31H37ClN4O5S.C2H6O4S/c1-4-6-13-27-33-31(16-9-10-17-31)30(37)36(27)19-22-14-15-24(23(18-22)20-40-5-2)25-11-7-8-12-26(25)42(38,39)35-29-28(32)21(3)41-34-29;3-1-2-7(4,5)6/h7-8,11-12,14-15,18H,4-6,9-10,13,16-17,19-20H2,1-3H3,(H,34,35);3H,1-2H2,(H,4,5,6)/i19D2;. The number of nitrogens with zero attached hydrogens (tertiary/aromatic N) is 3. The van der Waals surface area contributed by atoms with Crippen molar-refractivity contribution in [1.82, 2.24) is 10.1 Å². The molecule has 2 heterocycles. The molecule has 268 valence electrons. The second-order valence-electron chi connectivity index (χ2n) is 11.6. The van der Waals surface area contributed by atoms with Crippen molar-refractivity contribution in [3.8, 4) is 11.1 Å². The summed E-state index contributed by atoms with van der Waals surface area (Å²) in [5.74, 6) is -0.214. The van der Waals surface area contributed by atoms with Crippen molar-refractivity contribution in [3.05, 3.63) is 64.4 Å². The van der Waals surface area contributed by atoms with Crippen molar-refractivity contribution in [2.24, 2.45) is 4.99 Å². The summed E-state index contributed by atoms with van der Waals surface area (Å²) in [7, 11) is -8.09. The molecule has 1 spiro atoms. The normalized spacial score (nSPS) is 16.7. The first-order chi connectivity index (χ1) is 24.0. The van der Waals surface area contributed by atoms with Crippen molar-refractivity contribution in [3.63, 3.8) is 0 Å². The third-order valence-corrected chi connectivity index (χ3v) is 10.6. The van der Waals surface area contributed by atoms with Crippen LogP contribution in [0.15, 0.2) is 56.9 Å². The number of aromatic nitrogens is 1. The van der Waals surface area contributed by atoms with Crippen LogP contribution in [-0.4, -0.2) is 72.8 Å². The monoisotopic (exact) mass is 740 g/mol. The van der Waals surface area contributed by atoms with E-state index in [2.05, 4.69) is 16.8 Å². The van der Waals surface area contributed by atoms with Gasteiger partial charge in [0.25, 0.3) is 26.0 Å². The first-order valence-electron chi connectivity index (χ1n) is 17.0. The Kier molecular flexibility index (Phi) is 12.0. The molecule has 3 N–H and O–H groups in total. The molecule has 49 heavy (non-hydrogen) atoms. The second kappa shape index (κ2) is 16.6. The molecule has 1 aliphatic heterocycles. The molecule has 1 aromatic heterocycles. The van der Waals surface area contributed by atoms with Gasteiger partial charge in [0.2, 0.25) is 5.82 Å². The largest absolute Gasteiger partial charge is 0.395 e. The molecular formula is C33H43ClN4O9S2. The fraction of sp³-hybridized carbons (Fsp3) is 0.485. The van der Waals surface area contributed by atoms with Crippen LogP contribution in [0.2, 0.25) is 5.02 Å². The summed E-state index contributed by atoms with van der Waals surface area (Å²) >= 11 is 6.17. The number of nitrogens with one attached hydrogen (secondary N) is 1. The Bertz CT molecular complexity index is 1970. The molecule has 1 saturated carbocycles. The van der Waals surface area contributed by atoms with Gasteiger partial charge in [-0.3, -0.25) is 24.0 Å². The van der Waals surface area contributed by atoms with Gasteiger partial charge >= 0.3 is 0 Å². The van der Waals surface area contributed by atoms with E-state index in [0.717, 1.165) is 25.7 Å². The van der Waals surface area contributed by atoms with Gasteiger partial charge in [0.15, 0.2) is 5.76 Å². The fourth-order valence-corrected chi connectivity index (χ4v) is 7.24. The molecule has 0 unspecified atom stereocenters. The minimum atomic E-state index is -4.17. The van der Waals surface area contributed by atoms with Crippen LogP contribution in [0.4, 0.5) is 5.82 Å². The maximum atomic E-state index is 13.9. The number of carbonyl (C=O) groups is 1. The number of benzene rings is 2. The van der Waals surface area contributed by atoms with E-state index in [1.165, 1.54) is 11.0 Å². The molecule has 13 nitrogen and oxygen atoms in total. The number of aliphatic imine (C=N–C) groups is 1. The van der Waals surface area contributed by atoms with Gasteiger partial charge in [0.1, 0.15) is 16.4 Å². The number of hydrogen-bond acceptors (Lipinski definition) is 10. The van der Waals surface area contributed by atoms with Crippen LogP contribution in [-0.2, 0) is 42.8 Å². The van der Waals surface area contributed by atoms with Crippen LogP contribution in [0, 0.1) is 6.92 Å². The van der Waals surface area contributed by atoms with Crippen LogP contribution in [0.25, 0.3) is 11.1 Å². The lowest BCUT2D eigenvalue weighted by Crippen LogP contribution is -2.40. The van der Waals surface area contributed by atoms with Crippen molar-refractivity contribution >= 4 is 49.3 Å². The van der Waals surface area contributed by atoms with Gasteiger partial charge in [-0.05, 0) is 55.9 Å². The van der Waals surface area contributed by atoms with Gasteiger partial charge in [-0.25, -0.2) is 8.42 Å². The molecule has 0 atom stereocenters. The highest BCUT2D eigenvalue weighted by atomic mass is 35.5. The molecule has 5 rings (SSSR count). The molecule has 1 amide bonds. The third kappa shape index (κ3) is 9.47. The number of anilines is 1. The molecule has 2 aromatic carbocycles. The molecule has 3 aromatic rings. The smallest absolute Gasteiger partial charge is 0.267 e. The number of amides is 1. The summed E-state index contributed by atoms with van der Waals surface area (Å²) in [5, 5.41) is 11.6. The average Bonchev–Trinajstić information content (AvgIpc) is 3.76. The second-order valence-corrected chi connectivity index (χ2v) is 15.2. The zero-order valence-electron chi connectivity index (χ0n) is 29.6. The first kappa shape index (κ1) is 35.5. The van der Waals surface area contributed by atoms with E-state index in [-0.39, 0.29) is 39.6 Å². The molecular weight excluding hydrogens is 696 g/mol. The molecule has 2 aliphatic rings. The highest BCUT2D eigenvalue weighted by Crippen LogP contribution is 2.40. The number of carbonyl (C=O) groups excluding carboxylic acids is 1. The Morgan fingerprint density at radius 3 is 2.43 bits per heavy atom.